The van der Waals surface area contributed by atoms with Crippen molar-refractivity contribution in [3.05, 3.63) is 101 Å². The van der Waals surface area contributed by atoms with Crippen LogP contribution < -0.4 is 19.6 Å². The van der Waals surface area contributed by atoms with Gasteiger partial charge in [0.15, 0.2) is 11.5 Å². The molecular weight excluding hydrogens is 436 g/mol. The quantitative estimate of drug-likeness (QED) is 0.238. The van der Waals surface area contributed by atoms with Crippen LogP contribution in [0.25, 0.3) is 10.8 Å². The van der Waals surface area contributed by atoms with Gasteiger partial charge in [-0.25, -0.2) is 0 Å². The number of benzene rings is 4. The third-order valence-electron chi connectivity index (χ3n) is 5.26. The number of fused-ring (bicyclic) bond motifs is 1. The molecule has 5 nitrogen and oxygen atoms in total. The molecule has 0 saturated carbocycles. The van der Waals surface area contributed by atoms with E-state index in [1.165, 1.54) is 10.8 Å². The van der Waals surface area contributed by atoms with Crippen molar-refractivity contribution in [1.82, 2.24) is 5.43 Å². The van der Waals surface area contributed by atoms with Crippen LogP contribution in [-0.2, 0) is 13.2 Å². The van der Waals surface area contributed by atoms with Crippen LogP contribution in [0.3, 0.4) is 0 Å². The Kier molecular flexibility index (Phi) is 7.33. The maximum absolute atomic E-state index is 6.22. The Balaban J connectivity index is 1.44. The van der Waals surface area contributed by atoms with Gasteiger partial charge in [0.1, 0.15) is 12.4 Å². The SMILES string of the molecule is COc1ccc(CN/N=C/c2cc(Cl)ccc2OCc2cccc3ccccc23)cc1OC. The van der Waals surface area contributed by atoms with Crippen molar-refractivity contribution in [3.8, 4) is 17.2 Å². The number of ether oxygens (including phenoxy) is 3. The summed E-state index contributed by atoms with van der Waals surface area (Å²) < 4.78 is 16.8. The molecule has 4 aromatic carbocycles. The first-order valence-corrected chi connectivity index (χ1v) is 10.9. The van der Waals surface area contributed by atoms with E-state index in [1.807, 2.05) is 54.6 Å². The van der Waals surface area contributed by atoms with Gasteiger partial charge in [0.05, 0.1) is 27.0 Å². The van der Waals surface area contributed by atoms with Crippen molar-refractivity contribution in [2.45, 2.75) is 13.2 Å². The van der Waals surface area contributed by atoms with E-state index in [-0.39, 0.29) is 0 Å². The minimum atomic E-state index is 0.447. The molecule has 0 fully saturated rings. The molecule has 0 saturated heterocycles. The summed E-state index contributed by atoms with van der Waals surface area (Å²) in [6, 6.07) is 25.8. The Hall–Kier alpha value is -3.70. The van der Waals surface area contributed by atoms with Crippen molar-refractivity contribution >= 4 is 28.6 Å². The highest BCUT2D eigenvalue weighted by Crippen LogP contribution is 2.28. The number of hydrazone groups is 1. The molecule has 1 N–H and O–H groups in total. The van der Waals surface area contributed by atoms with Gasteiger partial charge in [0.2, 0.25) is 0 Å². The first-order chi connectivity index (χ1) is 16.2. The monoisotopic (exact) mass is 460 g/mol. The molecule has 0 unspecified atom stereocenters. The van der Waals surface area contributed by atoms with Crippen molar-refractivity contribution in [2.75, 3.05) is 14.2 Å². The molecule has 0 aromatic heterocycles. The van der Waals surface area contributed by atoms with E-state index in [9.17, 15) is 0 Å². The fraction of sp³-hybridized carbons (Fsp3) is 0.148. The number of methoxy groups -OCH3 is 2. The Morgan fingerprint density at radius 3 is 2.48 bits per heavy atom. The number of nitrogens with zero attached hydrogens (tertiary/aromatic N) is 1. The molecule has 0 radical (unpaired) electrons. The van der Waals surface area contributed by atoms with Gasteiger partial charge in [0.25, 0.3) is 0 Å². The van der Waals surface area contributed by atoms with Crippen LogP contribution in [0.1, 0.15) is 16.7 Å². The van der Waals surface area contributed by atoms with Gasteiger partial charge in [-0.15, -0.1) is 0 Å². The van der Waals surface area contributed by atoms with Crippen molar-refractivity contribution < 1.29 is 14.2 Å². The molecule has 0 aliphatic carbocycles. The minimum absolute atomic E-state index is 0.447. The lowest BCUT2D eigenvalue weighted by atomic mass is 10.1. The maximum atomic E-state index is 6.22. The molecule has 168 valence electrons. The lowest BCUT2D eigenvalue weighted by Gasteiger charge is -2.12. The summed E-state index contributed by atoms with van der Waals surface area (Å²) >= 11 is 6.22. The van der Waals surface area contributed by atoms with Gasteiger partial charge in [-0.05, 0) is 52.2 Å². The largest absolute Gasteiger partial charge is 0.493 e. The smallest absolute Gasteiger partial charge is 0.161 e. The number of hydrogen-bond acceptors (Lipinski definition) is 5. The number of nitrogens with one attached hydrogen (secondary N) is 1. The molecule has 4 aromatic rings. The number of halogens is 1. The molecule has 4 rings (SSSR count). The summed E-state index contributed by atoms with van der Waals surface area (Å²) in [5.74, 6) is 2.08. The van der Waals surface area contributed by atoms with Crippen LogP contribution in [0, 0.1) is 0 Å². The fourth-order valence-electron chi connectivity index (χ4n) is 3.57. The molecular formula is C27H25ClN2O3. The molecule has 0 aliphatic heterocycles. The highest BCUT2D eigenvalue weighted by Gasteiger charge is 2.07. The summed E-state index contributed by atoms with van der Waals surface area (Å²) in [6.45, 7) is 0.979. The predicted octanol–water partition coefficient (Wildman–Crippen LogP) is 6.21. The van der Waals surface area contributed by atoms with Gasteiger partial charge < -0.3 is 19.6 Å². The van der Waals surface area contributed by atoms with Gasteiger partial charge in [-0.3, -0.25) is 0 Å². The van der Waals surface area contributed by atoms with Gasteiger partial charge in [-0.2, -0.15) is 5.10 Å². The number of hydrogen-bond donors (Lipinski definition) is 1. The second kappa shape index (κ2) is 10.7. The fourth-order valence-corrected chi connectivity index (χ4v) is 3.75. The third-order valence-corrected chi connectivity index (χ3v) is 5.50. The first-order valence-electron chi connectivity index (χ1n) is 10.5. The van der Waals surface area contributed by atoms with Crippen LogP contribution in [-0.4, -0.2) is 20.4 Å². The second-order valence-corrected chi connectivity index (χ2v) is 7.83. The summed E-state index contributed by atoms with van der Waals surface area (Å²) in [6.07, 6.45) is 1.71. The van der Waals surface area contributed by atoms with E-state index in [0.717, 1.165) is 16.7 Å². The zero-order valence-corrected chi connectivity index (χ0v) is 19.3. The molecule has 0 aliphatic rings. The van der Waals surface area contributed by atoms with Gasteiger partial charge in [-0.1, -0.05) is 60.1 Å². The normalized spacial score (nSPS) is 11.0. The maximum Gasteiger partial charge on any atom is 0.161 e. The van der Waals surface area contributed by atoms with Crippen LogP contribution in [0.4, 0.5) is 0 Å². The Morgan fingerprint density at radius 2 is 1.64 bits per heavy atom. The first kappa shape index (κ1) is 22.5. The molecule has 0 heterocycles. The van der Waals surface area contributed by atoms with E-state index in [0.29, 0.717) is 35.4 Å². The van der Waals surface area contributed by atoms with Gasteiger partial charge >= 0.3 is 0 Å². The van der Waals surface area contributed by atoms with Crippen LogP contribution in [0.15, 0.2) is 84.0 Å². The molecule has 0 amide bonds. The zero-order chi connectivity index (χ0) is 23.0. The average molecular weight is 461 g/mol. The van der Waals surface area contributed by atoms with E-state index in [4.69, 9.17) is 25.8 Å². The third kappa shape index (κ3) is 5.57. The zero-order valence-electron chi connectivity index (χ0n) is 18.5. The van der Waals surface area contributed by atoms with Crippen LogP contribution in [0.5, 0.6) is 17.2 Å². The summed E-state index contributed by atoms with van der Waals surface area (Å²) in [7, 11) is 3.23. The molecule has 6 heteroatoms. The van der Waals surface area contributed by atoms with Crippen LogP contribution in [0.2, 0.25) is 5.02 Å². The molecule has 33 heavy (non-hydrogen) atoms. The highest BCUT2D eigenvalue weighted by atomic mass is 35.5. The summed E-state index contributed by atoms with van der Waals surface area (Å²) in [5.41, 5.74) is 5.99. The van der Waals surface area contributed by atoms with Crippen molar-refractivity contribution in [1.29, 1.82) is 0 Å². The minimum Gasteiger partial charge on any atom is -0.493 e. The second-order valence-electron chi connectivity index (χ2n) is 7.39. The lowest BCUT2D eigenvalue weighted by molar-refractivity contribution is 0.307. The predicted molar refractivity (Wildman–Crippen MR) is 134 cm³/mol. The lowest BCUT2D eigenvalue weighted by Crippen LogP contribution is -2.06. The average Bonchev–Trinajstić information content (AvgIpc) is 2.86. The molecule has 0 spiro atoms. The van der Waals surface area contributed by atoms with E-state index < -0.39 is 0 Å². The Bertz CT molecular complexity index is 1270. The van der Waals surface area contributed by atoms with Gasteiger partial charge in [0, 0.05) is 10.6 Å². The highest BCUT2D eigenvalue weighted by molar-refractivity contribution is 6.30. The molecule has 0 atom stereocenters. The Labute approximate surface area is 198 Å². The van der Waals surface area contributed by atoms with Crippen LogP contribution >= 0.6 is 11.6 Å². The van der Waals surface area contributed by atoms with E-state index >= 15 is 0 Å². The topological polar surface area (TPSA) is 52.1 Å². The van der Waals surface area contributed by atoms with Crippen molar-refractivity contribution in [3.63, 3.8) is 0 Å². The van der Waals surface area contributed by atoms with E-state index in [2.05, 4.69) is 34.8 Å². The molecule has 0 bridgehead atoms. The van der Waals surface area contributed by atoms with Crippen molar-refractivity contribution in [2.24, 2.45) is 5.10 Å². The Morgan fingerprint density at radius 1 is 0.848 bits per heavy atom. The summed E-state index contributed by atoms with van der Waals surface area (Å²) in [5, 5.41) is 7.35. The number of rotatable bonds is 9. The van der Waals surface area contributed by atoms with E-state index in [1.54, 1.807) is 20.4 Å². The standard InChI is InChI=1S/C27H25ClN2O3/c1-31-26-12-10-19(14-27(26)32-2)16-29-30-17-22-15-23(28)11-13-25(22)33-18-21-8-5-7-20-6-3-4-9-24(20)21/h3-15,17,29H,16,18H2,1-2H3/b30-17+. The summed E-state index contributed by atoms with van der Waals surface area (Å²) in [4.78, 5) is 0.